The van der Waals surface area contributed by atoms with Crippen LogP contribution in [0, 0.1) is 17.0 Å². The van der Waals surface area contributed by atoms with Crippen LogP contribution in [0.25, 0.3) is 6.08 Å². The third-order valence-electron chi connectivity index (χ3n) is 3.57. The number of nitrogens with one attached hydrogen (secondary N) is 1. The van der Waals surface area contributed by atoms with E-state index < -0.39 is 23.4 Å². The highest BCUT2D eigenvalue weighted by Crippen LogP contribution is 2.22. The summed E-state index contributed by atoms with van der Waals surface area (Å²) >= 11 is 0. The van der Waals surface area contributed by atoms with E-state index in [0.717, 1.165) is 0 Å². The quantitative estimate of drug-likeness (QED) is 0.347. The number of nitro groups is 1. The number of amides is 1. The van der Waals surface area contributed by atoms with E-state index in [1.807, 2.05) is 0 Å². The molecule has 0 aliphatic carbocycles. The van der Waals surface area contributed by atoms with E-state index in [4.69, 9.17) is 9.47 Å². The van der Waals surface area contributed by atoms with Gasteiger partial charge in [0, 0.05) is 29.0 Å². The number of para-hydroxylation sites is 1. The van der Waals surface area contributed by atoms with Gasteiger partial charge >= 0.3 is 5.97 Å². The number of hydrogen-bond acceptors (Lipinski definition) is 6. The summed E-state index contributed by atoms with van der Waals surface area (Å²) < 4.78 is 10.0. The fourth-order valence-corrected chi connectivity index (χ4v) is 2.23. The third kappa shape index (κ3) is 5.67. The number of aryl methyl sites for hydroxylation is 1. The van der Waals surface area contributed by atoms with Gasteiger partial charge in [-0.3, -0.25) is 14.9 Å². The summed E-state index contributed by atoms with van der Waals surface area (Å²) in [6.07, 6.45) is 2.70. The van der Waals surface area contributed by atoms with Gasteiger partial charge in [0.1, 0.15) is 5.75 Å². The van der Waals surface area contributed by atoms with E-state index in [-0.39, 0.29) is 11.4 Å². The smallest absolute Gasteiger partial charge is 0.331 e. The van der Waals surface area contributed by atoms with E-state index in [1.165, 1.54) is 37.5 Å². The number of anilines is 1. The molecule has 0 saturated carbocycles. The second-order valence-electron chi connectivity index (χ2n) is 5.49. The number of nitrogens with zero attached hydrogens (tertiary/aromatic N) is 1. The van der Waals surface area contributed by atoms with E-state index in [2.05, 4.69) is 5.32 Å². The molecule has 8 nitrogen and oxygen atoms in total. The maximum atomic E-state index is 11.9. The largest absolute Gasteiger partial charge is 0.496 e. The van der Waals surface area contributed by atoms with Crippen molar-refractivity contribution in [3.8, 4) is 5.75 Å². The molecule has 2 rings (SSSR count). The zero-order valence-electron chi connectivity index (χ0n) is 14.8. The summed E-state index contributed by atoms with van der Waals surface area (Å²) in [5.74, 6) is -0.710. The Morgan fingerprint density at radius 3 is 2.67 bits per heavy atom. The number of esters is 1. The van der Waals surface area contributed by atoms with Crippen molar-refractivity contribution in [2.24, 2.45) is 0 Å². The summed E-state index contributed by atoms with van der Waals surface area (Å²) in [5, 5.41) is 13.4. The van der Waals surface area contributed by atoms with Crippen LogP contribution in [0.2, 0.25) is 0 Å². The van der Waals surface area contributed by atoms with Crippen molar-refractivity contribution >= 4 is 29.3 Å². The molecule has 2 aromatic carbocycles. The Kier molecular flexibility index (Phi) is 6.65. The molecule has 2 aromatic rings. The van der Waals surface area contributed by atoms with Crippen molar-refractivity contribution in [1.82, 2.24) is 0 Å². The molecule has 8 heteroatoms. The first-order valence-corrected chi connectivity index (χ1v) is 7.93. The number of carbonyl (C=O) groups is 2. The van der Waals surface area contributed by atoms with Gasteiger partial charge < -0.3 is 14.8 Å². The monoisotopic (exact) mass is 370 g/mol. The molecule has 0 heterocycles. The Balaban J connectivity index is 1.90. The standard InChI is InChI=1S/C19H18N2O6/c1-13-7-9-15(11-16(13)21(24)25)20-18(22)12-27-19(23)10-8-14-5-3-4-6-17(14)26-2/h3-11H,12H2,1-2H3,(H,20,22)/b10-8+. The van der Waals surface area contributed by atoms with Gasteiger partial charge in [-0.2, -0.15) is 0 Å². The molecule has 1 amide bonds. The lowest BCUT2D eigenvalue weighted by Crippen LogP contribution is -2.20. The van der Waals surface area contributed by atoms with Crippen molar-refractivity contribution in [2.75, 3.05) is 19.0 Å². The van der Waals surface area contributed by atoms with Gasteiger partial charge in [-0.15, -0.1) is 0 Å². The second kappa shape index (κ2) is 9.14. The van der Waals surface area contributed by atoms with Gasteiger partial charge in [-0.05, 0) is 25.1 Å². The lowest BCUT2D eigenvalue weighted by Gasteiger charge is -2.06. The van der Waals surface area contributed by atoms with Gasteiger partial charge in [-0.25, -0.2) is 4.79 Å². The lowest BCUT2D eigenvalue weighted by atomic mass is 10.2. The SMILES string of the molecule is COc1ccccc1/C=C/C(=O)OCC(=O)Nc1ccc(C)c([N+](=O)[O-])c1. The minimum absolute atomic E-state index is 0.107. The van der Waals surface area contributed by atoms with Crippen LogP contribution in [-0.2, 0) is 14.3 Å². The zero-order chi connectivity index (χ0) is 19.8. The molecule has 0 aliphatic heterocycles. The van der Waals surface area contributed by atoms with Gasteiger partial charge in [0.05, 0.1) is 12.0 Å². The molecule has 0 atom stereocenters. The van der Waals surface area contributed by atoms with E-state index in [9.17, 15) is 19.7 Å². The molecule has 1 N–H and O–H groups in total. The number of nitro benzene ring substituents is 1. The molecule has 0 aromatic heterocycles. The molecule has 0 fully saturated rings. The molecule has 0 spiro atoms. The van der Waals surface area contributed by atoms with Gasteiger partial charge in [0.25, 0.3) is 11.6 Å². The molecule has 140 valence electrons. The second-order valence-corrected chi connectivity index (χ2v) is 5.49. The van der Waals surface area contributed by atoms with Crippen molar-refractivity contribution < 1.29 is 24.0 Å². The van der Waals surface area contributed by atoms with Crippen LogP contribution < -0.4 is 10.1 Å². The lowest BCUT2D eigenvalue weighted by molar-refractivity contribution is -0.385. The zero-order valence-corrected chi connectivity index (χ0v) is 14.8. The van der Waals surface area contributed by atoms with Crippen LogP contribution in [0.4, 0.5) is 11.4 Å². The third-order valence-corrected chi connectivity index (χ3v) is 3.57. The van der Waals surface area contributed by atoms with Crippen molar-refractivity contribution in [1.29, 1.82) is 0 Å². The Morgan fingerprint density at radius 1 is 1.22 bits per heavy atom. The average Bonchev–Trinajstić information content (AvgIpc) is 2.66. The summed E-state index contributed by atoms with van der Waals surface area (Å²) in [7, 11) is 1.52. The average molecular weight is 370 g/mol. The van der Waals surface area contributed by atoms with E-state index >= 15 is 0 Å². The maximum absolute atomic E-state index is 11.9. The van der Waals surface area contributed by atoms with Crippen LogP contribution in [-0.4, -0.2) is 30.5 Å². The first-order chi connectivity index (χ1) is 12.9. The normalized spacial score (nSPS) is 10.4. The predicted octanol–water partition coefficient (Wildman–Crippen LogP) is 3.11. The first-order valence-electron chi connectivity index (χ1n) is 7.93. The molecular weight excluding hydrogens is 352 g/mol. The van der Waals surface area contributed by atoms with Crippen molar-refractivity contribution in [2.45, 2.75) is 6.92 Å². The van der Waals surface area contributed by atoms with Crippen LogP contribution in [0.5, 0.6) is 5.75 Å². The van der Waals surface area contributed by atoms with Crippen LogP contribution in [0.1, 0.15) is 11.1 Å². The summed E-state index contributed by atoms with van der Waals surface area (Å²) in [6, 6.07) is 11.4. The van der Waals surface area contributed by atoms with Gasteiger partial charge in [0.15, 0.2) is 6.61 Å². The molecular formula is C19H18N2O6. The Labute approximate surface area is 155 Å². The highest BCUT2D eigenvalue weighted by atomic mass is 16.6. The molecule has 0 aliphatic rings. The number of methoxy groups -OCH3 is 1. The Bertz CT molecular complexity index is 892. The predicted molar refractivity (Wildman–Crippen MR) is 99.5 cm³/mol. The number of ether oxygens (including phenoxy) is 2. The fourth-order valence-electron chi connectivity index (χ4n) is 2.23. The number of rotatable bonds is 7. The van der Waals surface area contributed by atoms with Crippen LogP contribution >= 0.6 is 0 Å². The summed E-state index contributed by atoms with van der Waals surface area (Å²) in [4.78, 5) is 34.0. The number of hydrogen-bond donors (Lipinski definition) is 1. The summed E-state index contributed by atoms with van der Waals surface area (Å²) in [6.45, 7) is 1.08. The van der Waals surface area contributed by atoms with Crippen LogP contribution in [0.3, 0.4) is 0 Å². The van der Waals surface area contributed by atoms with Gasteiger partial charge in [-0.1, -0.05) is 24.3 Å². The van der Waals surface area contributed by atoms with E-state index in [0.29, 0.717) is 16.9 Å². The van der Waals surface area contributed by atoms with E-state index in [1.54, 1.807) is 31.2 Å². The van der Waals surface area contributed by atoms with Crippen molar-refractivity contribution in [3.05, 3.63) is 69.8 Å². The minimum atomic E-state index is -0.703. The maximum Gasteiger partial charge on any atom is 0.331 e. The summed E-state index contributed by atoms with van der Waals surface area (Å²) in [5.41, 5.74) is 1.31. The molecule has 27 heavy (non-hydrogen) atoms. The molecule has 0 bridgehead atoms. The fraction of sp³-hybridized carbons (Fsp3) is 0.158. The topological polar surface area (TPSA) is 108 Å². The molecule has 0 unspecified atom stereocenters. The Hall–Kier alpha value is -3.68. The first kappa shape index (κ1) is 19.6. The van der Waals surface area contributed by atoms with Gasteiger partial charge in [0.2, 0.25) is 0 Å². The number of benzene rings is 2. The highest BCUT2D eigenvalue weighted by Gasteiger charge is 2.13. The molecule has 0 saturated heterocycles. The number of carbonyl (C=O) groups excluding carboxylic acids is 2. The van der Waals surface area contributed by atoms with Crippen molar-refractivity contribution in [3.63, 3.8) is 0 Å². The van der Waals surface area contributed by atoms with Crippen LogP contribution in [0.15, 0.2) is 48.5 Å². The highest BCUT2D eigenvalue weighted by molar-refractivity contribution is 5.95. The molecule has 0 radical (unpaired) electrons. The Morgan fingerprint density at radius 2 is 1.96 bits per heavy atom. The minimum Gasteiger partial charge on any atom is -0.496 e.